The number of aliphatic carboxylic acids is 1. The second-order valence-electron chi connectivity index (χ2n) is 3.18. The van der Waals surface area contributed by atoms with Crippen LogP contribution in [0.5, 0.6) is 0 Å². The van der Waals surface area contributed by atoms with Gasteiger partial charge < -0.3 is 5.11 Å². The molecular formula is C7H16CaO2. The molecule has 0 heterocycles. The van der Waals surface area contributed by atoms with Crippen molar-refractivity contribution in [3.05, 3.63) is 0 Å². The number of hydrogen-bond acceptors (Lipinski definition) is 1. The van der Waals surface area contributed by atoms with Crippen molar-refractivity contribution in [2.45, 2.75) is 27.7 Å². The molecule has 1 N–H and O–H groups in total. The van der Waals surface area contributed by atoms with Crippen LogP contribution in [0.4, 0.5) is 0 Å². The van der Waals surface area contributed by atoms with Crippen molar-refractivity contribution in [3.63, 3.8) is 0 Å². The number of carboxylic acids is 1. The van der Waals surface area contributed by atoms with Crippen LogP contribution < -0.4 is 0 Å². The number of carboxylic acid groups (broad SMARTS) is 1. The molecule has 10 heavy (non-hydrogen) atoms. The van der Waals surface area contributed by atoms with Gasteiger partial charge in [-0.05, 0) is 19.8 Å². The maximum absolute atomic E-state index is 10.5. The second kappa shape index (κ2) is 4.58. The van der Waals surface area contributed by atoms with Crippen molar-refractivity contribution in [1.29, 1.82) is 0 Å². The molecular weight excluding hydrogens is 156 g/mol. The van der Waals surface area contributed by atoms with E-state index in [1.54, 1.807) is 13.8 Å². The number of rotatable bonds is 2. The maximum atomic E-state index is 10.5. The van der Waals surface area contributed by atoms with Crippen LogP contribution in [0, 0.1) is 11.3 Å². The summed E-state index contributed by atoms with van der Waals surface area (Å²) in [4.78, 5) is 10.5. The zero-order chi connectivity index (χ0) is 7.65. The van der Waals surface area contributed by atoms with Gasteiger partial charge in [-0.2, -0.15) is 0 Å². The van der Waals surface area contributed by atoms with E-state index in [2.05, 4.69) is 0 Å². The first-order valence-electron chi connectivity index (χ1n) is 3.12. The SMILES string of the molecule is CC(C)C(C)(C)C(=O)O.[CaH2]. The van der Waals surface area contributed by atoms with E-state index in [4.69, 9.17) is 5.11 Å². The molecule has 0 aromatic rings. The van der Waals surface area contributed by atoms with Crippen LogP contribution in [-0.2, 0) is 4.79 Å². The van der Waals surface area contributed by atoms with E-state index in [1.807, 2.05) is 13.8 Å². The van der Waals surface area contributed by atoms with Gasteiger partial charge in [0.05, 0.1) is 5.41 Å². The molecule has 0 aromatic carbocycles. The van der Waals surface area contributed by atoms with Crippen LogP contribution in [0.3, 0.4) is 0 Å². The van der Waals surface area contributed by atoms with Crippen LogP contribution >= 0.6 is 0 Å². The van der Waals surface area contributed by atoms with Gasteiger partial charge in [0.2, 0.25) is 0 Å². The van der Waals surface area contributed by atoms with E-state index in [-0.39, 0.29) is 43.7 Å². The average molecular weight is 172 g/mol. The summed E-state index contributed by atoms with van der Waals surface area (Å²) in [7, 11) is 0. The monoisotopic (exact) mass is 172 g/mol. The van der Waals surface area contributed by atoms with E-state index < -0.39 is 11.4 Å². The van der Waals surface area contributed by atoms with Crippen molar-refractivity contribution < 1.29 is 9.90 Å². The Labute approximate surface area is 92.0 Å². The molecule has 0 atom stereocenters. The van der Waals surface area contributed by atoms with Gasteiger partial charge >= 0.3 is 43.7 Å². The fraction of sp³-hybridized carbons (Fsp3) is 0.857. The summed E-state index contributed by atoms with van der Waals surface area (Å²) in [5, 5.41) is 8.61. The van der Waals surface area contributed by atoms with Gasteiger partial charge in [0, 0.05) is 0 Å². The van der Waals surface area contributed by atoms with E-state index >= 15 is 0 Å². The fourth-order valence-electron chi connectivity index (χ4n) is 0.247. The summed E-state index contributed by atoms with van der Waals surface area (Å²) in [5.41, 5.74) is -0.583. The Bertz CT molecular complexity index is 119. The third-order valence-corrected chi connectivity index (χ3v) is 1.99. The summed E-state index contributed by atoms with van der Waals surface area (Å²) in [5.74, 6) is -0.535. The predicted molar refractivity (Wildman–Crippen MR) is 44.8 cm³/mol. The van der Waals surface area contributed by atoms with Crippen LogP contribution in [0.1, 0.15) is 27.7 Å². The molecule has 0 aliphatic rings. The van der Waals surface area contributed by atoms with Gasteiger partial charge in [0.15, 0.2) is 0 Å². The molecule has 0 spiro atoms. The average Bonchev–Trinajstić information content (AvgIpc) is 1.65. The van der Waals surface area contributed by atoms with Gasteiger partial charge in [-0.25, -0.2) is 0 Å². The van der Waals surface area contributed by atoms with Gasteiger partial charge in [0.25, 0.3) is 0 Å². The topological polar surface area (TPSA) is 37.3 Å². The van der Waals surface area contributed by atoms with Crippen LogP contribution in [0.15, 0.2) is 0 Å². The Morgan fingerprint density at radius 3 is 1.70 bits per heavy atom. The third-order valence-electron chi connectivity index (χ3n) is 1.99. The van der Waals surface area contributed by atoms with Gasteiger partial charge in [-0.1, -0.05) is 13.8 Å². The molecule has 58 valence electrons. The Morgan fingerprint density at radius 1 is 1.40 bits per heavy atom. The first kappa shape index (κ1) is 13.3. The van der Waals surface area contributed by atoms with Gasteiger partial charge in [-0.15, -0.1) is 0 Å². The van der Waals surface area contributed by atoms with Crippen LogP contribution in [-0.4, -0.2) is 48.8 Å². The van der Waals surface area contributed by atoms with E-state index in [0.717, 1.165) is 0 Å². The van der Waals surface area contributed by atoms with Gasteiger partial charge in [-0.3, -0.25) is 4.79 Å². The minimum absolute atomic E-state index is 0. The molecule has 0 aromatic heterocycles. The summed E-state index contributed by atoms with van der Waals surface area (Å²) in [6, 6.07) is 0. The van der Waals surface area contributed by atoms with Crippen molar-refractivity contribution >= 4 is 43.7 Å². The van der Waals surface area contributed by atoms with Crippen molar-refractivity contribution in [2.75, 3.05) is 0 Å². The minimum atomic E-state index is -0.725. The molecule has 0 unspecified atom stereocenters. The normalized spacial score (nSPS) is 10.9. The number of carbonyl (C=O) groups is 1. The molecule has 0 saturated carbocycles. The predicted octanol–water partition coefficient (Wildman–Crippen LogP) is 0.837. The molecule has 0 radical (unpaired) electrons. The summed E-state index contributed by atoms with van der Waals surface area (Å²) in [6.07, 6.45) is 0. The number of hydrogen-bond donors (Lipinski definition) is 1. The zero-order valence-electron chi connectivity index (χ0n) is 6.43. The van der Waals surface area contributed by atoms with Crippen molar-refractivity contribution in [3.8, 4) is 0 Å². The summed E-state index contributed by atoms with van der Waals surface area (Å²) < 4.78 is 0. The first-order valence-corrected chi connectivity index (χ1v) is 3.12. The second-order valence-corrected chi connectivity index (χ2v) is 3.18. The molecule has 0 fully saturated rings. The third kappa shape index (κ3) is 3.22. The van der Waals surface area contributed by atoms with E-state index in [1.165, 1.54) is 0 Å². The first-order chi connectivity index (χ1) is 3.89. The Kier molecular flexibility index (Phi) is 6.10. The van der Waals surface area contributed by atoms with E-state index in [9.17, 15) is 4.79 Å². The molecule has 0 saturated heterocycles. The zero-order valence-corrected chi connectivity index (χ0v) is 6.43. The van der Waals surface area contributed by atoms with Crippen LogP contribution in [0.25, 0.3) is 0 Å². The molecule has 3 heteroatoms. The summed E-state index contributed by atoms with van der Waals surface area (Å²) in [6.45, 7) is 7.29. The Morgan fingerprint density at radius 2 is 1.70 bits per heavy atom. The summed E-state index contributed by atoms with van der Waals surface area (Å²) >= 11 is 0. The molecule has 0 rings (SSSR count). The fourth-order valence-corrected chi connectivity index (χ4v) is 0.247. The van der Waals surface area contributed by atoms with Crippen molar-refractivity contribution in [2.24, 2.45) is 11.3 Å². The van der Waals surface area contributed by atoms with Gasteiger partial charge in [0.1, 0.15) is 0 Å². The Hall–Kier alpha value is 0.730. The van der Waals surface area contributed by atoms with Crippen molar-refractivity contribution in [1.82, 2.24) is 0 Å². The standard InChI is InChI=1S/C7H14O2.Ca.2H/c1-5(2)7(3,4)6(8)9;;;/h5H,1-4H3,(H,8,9);;;. The molecule has 0 aliphatic carbocycles. The molecule has 0 aliphatic heterocycles. The molecule has 0 amide bonds. The van der Waals surface area contributed by atoms with Crippen LogP contribution in [0.2, 0.25) is 0 Å². The quantitative estimate of drug-likeness (QED) is 0.627. The molecule has 0 bridgehead atoms. The Balaban J connectivity index is 0. The van der Waals surface area contributed by atoms with E-state index in [0.29, 0.717) is 0 Å². The molecule has 2 nitrogen and oxygen atoms in total.